The van der Waals surface area contributed by atoms with Crippen molar-refractivity contribution in [1.82, 2.24) is 5.01 Å². The molecule has 0 spiro atoms. The van der Waals surface area contributed by atoms with Crippen LogP contribution in [0, 0.1) is 19.8 Å². The van der Waals surface area contributed by atoms with Crippen molar-refractivity contribution < 1.29 is 4.79 Å². The number of benzene rings is 3. The molecule has 1 N–H and O–H groups in total. The van der Waals surface area contributed by atoms with Gasteiger partial charge in [-0.05, 0) is 61.2 Å². The molecule has 2 amide bonds. The number of para-hydroxylation sites is 1. The molecule has 0 saturated carbocycles. The summed E-state index contributed by atoms with van der Waals surface area (Å²) in [7, 11) is 0. The van der Waals surface area contributed by atoms with Crippen molar-refractivity contribution >= 4 is 29.0 Å². The van der Waals surface area contributed by atoms with Crippen LogP contribution >= 0.6 is 11.6 Å². The Morgan fingerprint density at radius 3 is 2.50 bits per heavy atom. The van der Waals surface area contributed by atoms with Crippen LogP contribution < -0.4 is 5.32 Å². The number of carbonyl (C=O) groups is 1. The van der Waals surface area contributed by atoms with E-state index in [4.69, 9.17) is 16.7 Å². The van der Waals surface area contributed by atoms with Crippen LogP contribution in [0.4, 0.5) is 10.5 Å². The number of carbonyl (C=O) groups excluding carboxylic acids is 1. The maximum absolute atomic E-state index is 12.8. The minimum atomic E-state index is -0.226. The highest BCUT2D eigenvalue weighted by Crippen LogP contribution is 2.26. The van der Waals surface area contributed by atoms with Gasteiger partial charge in [0.1, 0.15) is 0 Å². The average Bonchev–Trinajstić information content (AvgIpc) is 3.16. The largest absolute Gasteiger partial charge is 0.342 e. The Morgan fingerprint density at radius 2 is 1.80 bits per heavy atom. The third kappa shape index (κ3) is 4.55. The standard InChI is InChI=1S/C25H24ClN3O/c1-17-8-10-19(11-9-17)15-21-16-29(25(30)27-22-6-4-3-5-7-22)28-24(21)20-12-13-23(26)18(2)14-20/h3-14,21H,15-16H2,1-2H3,(H,27,30). The number of hydrogen-bond donors (Lipinski definition) is 1. The van der Waals surface area contributed by atoms with Crippen LogP contribution in [0.3, 0.4) is 0 Å². The fourth-order valence-corrected chi connectivity index (χ4v) is 3.77. The highest BCUT2D eigenvalue weighted by atomic mass is 35.5. The van der Waals surface area contributed by atoms with E-state index in [-0.39, 0.29) is 11.9 Å². The molecule has 4 rings (SSSR count). The summed E-state index contributed by atoms with van der Waals surface area (Å²) < 4.78 is 0. The predicted molar refractivity (Wildman–Crippen MR) is 123 cm³/mol. The predicted octanol–water partition coefficient (Wildman–Crippen LogP) is 6.07. The first-order valence-corrected chi connectivity index (χ1v) is 10.4. The van der Waals surface area contributed by atoms with E-state index >= 15 is 0 Å². The van der Waals surface area contributed by atoms with Gasteiger partial charge < -0.3 is 5.32 Å². The van der Waals surface area contributed by atoms with Gasteiger partial charge in [-0.1, -0.05) is 65.7 Å². The molecule has 0 aliphatic carbocycles. The normalized spacial score (nSPS) is 15.8. The van der Waals surface area contributed by atoms with Crippen LogP contribution in [0.1, 0.15) is 22.3 Å². The number of hydrazone groups is 1. The second-order valence-electron chi connectivity index (χ2n) is 7.71. The second kappa shape index (κ2) is 8.72. The Kier molecular flexibility index (Phi) is 5.86. The Hall–Kier alpha value is -3.11. The van der Waals surface area contributed by atoms with E-state index in [0.29, 0.717) is 6.54 Å². The molecule has 1 aliphatic rings. The molecule has 0 radical (unpaired) electrons. The molecule has 30 heavy (non-hydrogen) atoms. The quantitative estimate of drug-likeness (QED) is 0.550. The summed E-state index contributed by atoms with van der Waals surface area (Å²) in [5, 5.41) is 9.90. The van der Waals surface area contributed by atoms with Gasteiger partial charge in [-0.2, -0.15) is 5.10 Å². The van der Waals surface area contributed by atoms with Crippen molar-refractivity contribution in [2.75, 3.05) is 11.9 Å². The van der Waals surface area contributed by atoms with Crippen molar-refractivity contribution in [3.8, 4) is 0 Å². The monoisotopic (exact) mass is 417 g/mol. The third-order valence-corrected chi connectivity index (χ3v) is 5.75. The average molecular weight is 418 g/mol. The van der Waals surface area contributed by atoms with Gasteiger partial charge in [0.25, 0.3) is 0 Å². The molecular weight excluding hydrogens is 394 g/mol. The van der Waals surface area contributed by atoms with Crippen LogP contribution in [0.15, 0.2) is 77.9 Å². The number of anilines is 1. The number of rotatable bonds is 4. The molecule has 0 bridgehead atoms. The lowest BCUT2D eigenvalue weighted by molar-refractivity contribution is 0.215. The van der Waals surface area contributed by atoms with Gasteiger partial charge in [0, 0.05) is 16.6 Å². The number of hydrogen-bond acceptors (Lipinski definition) is 2. The van der Waals surface area contributed by atoms with Crippen LogP contribution in [0.2, 0.25) is 5.02 Å². The molecule has 3 aromatic rings. The lowest BCUT2D eigenvalue weighted by atomic mass is 9.90. The van der Waals surface area contributed by atoms with Crippen molar-refractivity contribution in [1.29, 1.82) is 0 Å². The smallest absolute Gasteiger partial charge is 0.306 e. The lowest BCUT2D eigenvalue weighted by Gasteiger charge is -2.16. The maximum Gasteiger partial charge on any atom is 0.342 e. The Balaban J connectivity index is 1.61. The summed E-state index contributed by atoms with van der Waals surface area (Å²) >= 11 is 6.22. The van der Waals surface area contributed by atoms with Crippen LogP contribution in [-0.4, -0.2) is 23.3 Å². The molecule has 1 heterocycles. The molecule has 4 nitrogen and oxygen atoms in total. The van der Waals surface area contributed by atoms with E-state index in [1.54, 1.807) is 0 Å². The van der Waals surface area contributed by atoms with Gasteiger partial charge >= 0.3 is 6.03 Å². The van der Waals surface area contributed by atoms with Gasteiger partial charge in [-0.3, -0.25) is 0 Å². The molecule has 0 fully saturated rings. The zero-order valence-electron chi connectivity index (χ0n) is 17.1. The van der Waals surface area contributed by atoms with Crippen LogP contribution in [0.5, 0.6) is 0 Å². The maximum atomic E-state index is 12.8. The Morgan fingerprint density at radius 1 is 1.07 bits per heavy atom. The van der Waals surface area contributed by atoms with Crippen molar-refractivity contribution in [2.24, 2.45) is 11.0 Å². The van der Waals surface area contributed by atoms with Gasteiger partial charge in [-0.15, -0.1) is 0 Å². The molecule has 0 aromatic heterocycles. The molecule has 0 saturated heterocycles. The Labute approximate surface area is 182 Å². The first kappa shape index (κ1) is 20.2. The number of aryl methyl sites for hydroxylation is 2. The van der Waals surface area contributed by atoms with E-state index in [9.17, 15) is 4.79 Å². The number of nitrogens with zero attached hydrogens (tertiary/aromatic N) is 2. The first-order valence-electron chi connectivity index (χ1n) is 10.0. The summed E-state index contributed by atoms with van der Waals surface area (Å²) in [6.45, 7) is 4.60. The van der Waals surface area contributed by atoms with Crippen molar-refractivity contribution in [3.05, 3.63) is 100 Å². The van der Waals surface area contributed by atoms with E-state index in [1.807, 2.05) is 55.5 Å². The second-order valence-corrected chi connectivity index (χ2v) is 8.12. The van der Waals surface area contributed by atoms with Crippen molar-refractivity contribution in [3.63, 3.8) is 0 Å². The summed E-state index contributed by atoms with van der Waals surface area (Å²) in [5.74, 6) is 0.106. The highest BCUT2D eigenvalue weighted by Gasteiger charge is 2.31. The number of halogens is 1. The van der Waals surface area contributed by atoms with Crippen LogP contribution in [0.25, 0.3) is 0 Å². The zero-order chi connectivity index (χ0) is 21.1. The summed E-state index contributed by atoms with van der Waals surface area (Å²) in [5.41, 5.74) is 6.13. The van der Waals surface area contributed by atoms with E-state index in [1.165, 1.54) is 16.1 Å². The molecule has 1 aliphatic heterocycles. The molecule has 152 valence electrons. The van der Waals surface area contributed by atoms with E-state index in [2.05, 4.69) is 36.5 Å². The summed E-state index contributed by atoms with van der Waals surface area (Å²) in [6.07, 6.45) is 0.815. The summed E-state index contributed by atoms with van der Waals surface area (Å²) in [6, 6.07) is 23.7. The summed E-state index contributed by atoms with van der Waals surface area (Å²) in [4.78, 5) is 12.8. The SMILES string of the molecule is Cc1ccc(CC2CN(C(=O)Nc3ccccc3)N=C2c2ccc(Cl)c(C)c2)cc1. The van der Waals surface area contributed by atoms with Crippen LogP contribution in [-0.2, 0) is 6.42 Å². The zero-order valence-corrected chi connectivity index (χ0v) is 17.9. The highest BCUT2D eigenvalue weighted by molar-refractivity contribution is 6.31. The molecule has 3 aromatic carbocycles. The van der Waals surface area contributed by atoms with E-state index in [0.717, 1.165) is 34.0 Å². The molecule has 5 heteroatoms. The topological polar surface area (TPSA) is 44.7 Å². The molecular formula is C25H24ClN3O. The number of amides is 2. The van der Waals surface area contributed by atoms with Gasteiger partial charge in [-0.25, -0.2) is 9.80 Å². The minimum absolute atomic E-state index is 0.106. The minimum Gasteiger partial charge on any atom is -0.306 e. The first-order chi connectivity index (χ1) is 14.5. The van der Waals surface area contributed by atoms with Crippen molar-refractivity contribution in [2.45, 2.75) is 20.3 Å². The fourth-order valence-electron chi connectivity index (χ4n) is 3.65. The number of nitrogens with one attached hydrogen (secondary N) is 1. The van der Waals surface area contributed by atoms with Gasteiger partial charge in [0.2, 0.25) is 0 Å². The molecule has 1 atom stereocenters. The van der Waals surface area contributed by atoms with Gasteiger partial charge in [0.15, 0.2) is 0 Å². The fraction of sp³-hybridized carbons (Fsp3) is 0.200. The van der Waals surface area contributed by atoms with E-state index < -0.39 is 0 Å². The third-order valence-electron chi connectivity index (χ3n) is 5.32. The molecule has 1 unspecified atom stereocenters. The lowest BCUT2D eigenvalue weighted by Crippen LogP contribution is -2.31. The number of urea groups is 1. The Bertz CT molecular complexity index is 1080. The van der Waals surface area contributed by atoms with Gasteiger partial charge in [0.05, 0.1) is 12.3 Å².